The van der Waals surface area contributed by atoms with E-state index in [0.29, 0.717) is 17.4 Å². The Kier molecular flexibility index (Phi) is 5.46. The molecule has 3 unspecified atom stereocenters. The van der Waals surface area contributed by atoms with Crippen molar-refractivity contribution < 1.29 is 0 Å². The lowest BCUT2D eigenvalue weighted by Crippen LogP contribution is -2.45. The fourth-order valence-corrected chi connectivity index (χ4v) is 3.10. The molecule has 3 atom stereocenters. The number of rotatable bonds is 4. The quantitative estimate of drug-likeness (QED) is 0.818. The highest BCUT2D eigenvalue weighted by molar-refractivity contribution is 4.88. The minimum absolute atomic E-state index is 0.425. The molecular formula is C15H32N2. The topological polar surface area (TPSA) is 29.3 Å². The molecule has 0 aromatic rings. The molecule has 0 radical (unpaired) electrons. The average Bonchev–Trinajstić information content (AvgIpc) is 2.26. The van der Waals surface area contributed by atoms with Crippen LogP contribution in [0.4, 0.5) is 0 Å². The number of nitrogens with zero attached hydrogens (tertiary/aromatic N) is 1. The highest BCUT2D eigenvalue weighted by atomic mass is 15.1. The summed E-state index contributed by atoms with van der Waals surface area (Å²) in [5.41, 5.74) is 6.76. The van der Waals surface area contributed by atoms with Crippen LogP contribution in [0, 0.1) is 17.3 Å². The SMILES string of the molecule is CCN(CC)CC1CC(C(C)(C)C)CCC1N. The Hall–Kier alpha value is -0.0800. The Morgan fingerprint density at radius 3 is 2.18 bits per heavy atom. The van der Waals surface area contributed by atoms with Crippen LogP contribution in [-0.2, 0) is 0 Å². The Morgan fingerprint density at radius 1 is 1.12 bits per heavy atom. The van der Waals surface area contributed by atoms with Gasteiger partial charge in [-0.2, -0.15) is 0 Å². The molecule has 0 aliphatic heterocycles. The highest BCUT2D eigenvalue weighted by Crippen LogP contribution is 2.40. The molecule has 2 nitrogen and oxygen atoms in total. The second-order valence-corrected chi connectivity index (χ2v) is 6.79. The third-order valence-corrected chi connectivity index (χ3v) is 4.65. The summed E-state index contributed by atoms with van der Waals surface area (Å²) in [6.07, 6.45) is 3.86. The van der Waals surface area contributed by atoms with Gasteiger partial charge in [0.2, 0.25) is 0 Å². The van der Waals surface area contributed by atoms with Crippen molar-refractivity contribution in [3.05, 3.63) is 0 Å². The first-order valence-corrected chi connectivity index (χ1v) is 7.36. The summed E-state index contributed by atoms with van der Waals surface area (Å²) in [6, 6.07) is 0.425. The minimum atomic E-state index is 0.425. The summed E-state index contributed by atoms with van der Waals surface area (Å²) in [5, 5.41) is 0. The summed E-state index contributed by atoms with van der Waals surface area (Å²) in [7, 11) is 0. The molecule has 0 spiro atoms. The lowest BCUT2D eigenvalue weighted by atomic mass is 9.67. The van der Waals surface area contributed by atoms with E-state index >= 15 is 0 Å². The van der Waals surface area contributed by atoms with Crippen LogP contribution < -0.4 is 5.73 Å². The second kappa shape index (κ2) is 6.19. The Labute approximate surface area is 108 Å². The Bertz CT molecular complexity index is 215. The monoisotopic (exact) mass is 240 g/mol. The van der Waals surface area contributed by atoms with Gasteiger partial charge in [0.25, 0.3) is 0 Å². The van der Waals surface area contributed by atoms with Crippen LogP contribution in [0.25, 0.3) is 0 Å². The van der Waals surface area contributed by atoms with Gasteiger partial charge in [-0.1, -0.05) is 34.6 Å². The zero-order valence-corrected chi connectivity index (χ0v) is 12.5. The van der Waals surface area contributed by atoms with E-state index in [4.69, 9.17) is 5.73 Å². The third-order valence-electron chi connectivity index (χ3n) is 4.65. The predicted molar refractivity (Wildman–Crippen MR) is 76.0 cm³/mol. The highest BCUT2D eigenvalue weighted by Gasteiger charge is 2.34. The van der Waals surface area contributed by atoms with E-state index in [0.717, 1.165) is 19.0 Å². The summed E-state index contributed by atoms with van der Waals surface area (Å²) in [5.74, 6) is 1.55. The van der Waals surface area contributed by atoms with E-state index in [1.807, 2.05) is 0 Å². The molecule has 2 N–H and O–H groups in total. The first-order chi connectivity index (χ1) is 7.88. The van der Waals surface area contributed by atoms with Gasteiger partial charge in [-0.3, -0.25) is 0 Å². The maximum atomic E-state index is 6.32. The normalized spacial score (nSPS) is 30.9. The molecule has 1 aliphatic carbocycles. The van der Waals surface area contributed by atoms with E-state index < -0.39 is 0 Å². The molecule has 2 heteroatoms. The van der Waals surface area contributed by atoms with Gasteiger partial charge in [0.05, 0.1) is 0 Å². The molecular weight excluding hydrogens is 208 g/mol. The Morgan fingerprint density at radius 2 is 1.71 bits per heavy atom. The van der Waals surface area contributed by atoms with E-state index in [1.54, 1.807) is 0 Å². The van der Waals surface area contributed by atoms with Crippen molar-refractivity contribution in [2.75, 3.05) is 19.6 Å². The van der Waals surface area contributed by atoms with Crippen LogP contribution in [0.15, 0.2) is 0 Å². The zero-order chi connectivity index (χ0) is 13.1. The molecule has 1 saturated carbocycles. The van der Waals surface area contributed by atoms with Crippen molar-refractivity contribution in [2.24, 2.45) is 23.0 Å². The first-order valence-electron chi connectivity index (χ1n) is 7.36. The number of hydrogen-bond acceptors (Lipinski definition) is 2. The molecule has 1 rings (SSSR count). The van der Waals surface area contributed by atoms with Gasteiger partial charge in [-0.15, -0.1) is 0 Å². The van der Waals surface area contributed by atoms with Gasteiger partial charge >= 0.3 is 0 Å². The lowest BCUT2D eigenvalue weighted by molar-refractivity contribution is 0.102. The van der Waals surface area contributed by atoms with Crippen LogP contribution in [0.3, 0.4) is 0 Å². The van der Waals surface area contributed by atoms with Crippen molar-refractivity contribution in [2.45, 2.75) is 59.9 Å². The molecule has 0 heterocycles. The molecule has 0 saturated heterocycles. The lowest BCUT2D eigenvalue weighted by Gasteiger charge is -2.42. The van der Waals surface area contributed by atoms with E-state index in [2.05, 4.69) is 39.5 Å². The van der Waals surface area contributed by atoms with Gasteiger partial charge in [0.1, 0.15) is 0 Å². The fraction of sp³-hybridized carbons (Fsp3) is 1.00. The second-order valence-electron chi connectivity index (χ2n) is 6.79. The van der Waals surface area contributed by atoms with E-state index in [1.165, 1.54) is 25.8 Å². The molecule has 1 fully saturated rings. The molecule has 0 aromatic heterocycles. The van der Waals surface area contributed by atoms with Crippen molar-refractivity contribution in [3.8, 4) is 0 Å². The van der Waals surface area contributed by atoms with Crippen LogP contribution in [0.1, 0.15) is 53.9 Å². The molecule has 0 aromatic carbocycles. The average molecular weight is 240 g/mol. The third kappa shape index (κ3) is 4.26. The largest absolute Gasteiger partial charge is 0.327 e. The maximum Gasteiger partial charge on any atom is 0.00795 e. The van der Waals surface area contributed by atoms with Crippen molar-refractivity contribution in [1.82, 2.24) is 4.90 Å². The number of nitrogens with two attached hydrogens (primary N) is 1. The van der Waals surface area contributed by atoms with Crippen LogP contribution in [0.5, 0.6) is 0 Å². The standard InChI is InChI=1S/C15H32N2/c1-6-17(7-2)11-12-10-13(15(3,4)5)8-9-14(12)16/h12-14H,6-11,16H2,1-5H3. The first kappa shape index (κ1) is 15.0. The summed E-state index contributed by atoms with van der Waals surface area (Å²) >= 11 is 0. The summed E-state index contributed by atoms with van der Waals surface area (Å²) in [6.45, 7) is 15.1. The van der Waals surface area contributed by atoms with Crippen molar-refractivity contribution in [1.29, 1.82) is 0 Å². The van der Waals surface area contributed by atoms with Gasteiger partial charge in [-0.25, -0.2) is 0 Å². The van der Waals surface area contributed by atoms with Gasteiger partial charge in [-0.05, 0) is 49.6 Å². The molecule has 0 amide bonds. The maximum absolute atomic E-state index is 6.32. The van der Waals surface area contributed by atoms with Crippen LogP contribution in [-0.4, -0.2) is 30.6 Å². The zero-order valence-electron chi connectivity index (χ0n) is 12.5. The molecule has 17 heavy (non-hydrogen) atoms. The molecule has 0 bridgehead atoms. The predicted octanol–water partition coefficient (Wildman–Crippen LogP) is 3.12. The Balaban J connectivity index is 2.57. The summed E-state index contributed by atoms with van der Waals surface area (Å²) < 4.78 is 0. The van der Waals surface area contributed by atoms with Crippen LogP contribution in [0.2, 0.25) is 0 Å². The van der Waals surface area contributed by atoms with Crippen molar-refractivity contribution in [3.63, 3.8) is 0 Å². The summed E-state index contributed by atoms with van der Waals surface area (Å²) in [4.78, 5) is 2.52. The minimum Gasteiger partial charge on any atom is -0.327 e. The molecule has 102 valence electrons. The van der Waals surface area contributed by atoms with Crippen molar-refractivity contribution >= 4 is 0 Å². The smallest absolute Gasteiger partial charge is 0.00795 e. The van der Waals surface area contributed by atoms with Gasteiger partial charge < -0.3 is 10.6 Å². The van der Waals surface area contributed by atoms with Crippen LogP contribution >= 0.6 is 0 Å². The fourth-order valence-electron chi connectivity index (χ4n) is 3.10. The van der Waals surface area contributed by atoms with Gasteiger partial charge in [0, 0.05) is 12.6 Å². The number of hydrogen-bond donors (Lipinski definition) is 1. The van der Waals surface area contributed by atoms with E-state index in [-0.39, 0.29) is 0 Å². The molecule has 1 aliphatic rings. The van der Waals surface area contributed by atoms with E-state index in [9.17, 15) is 0 Å². The van der Waals surface area contributed by atoms with Gasteiger partial charge in [0.15, 0.2) is 0 Å².